The van der Waals surface area contributed by atoms with E-state index in [1.54, 1.807) is 0 Å². The van der Waals surface area contributed by atoms with Crippen LogP contribution in [0.4, 0.5) is 0 Å². The van der Waals surface area contributed by atoms with Crippen molar-refractivity contribution in [3.63, 3.8) is 0 Å². The highest BCUT2D eigenvalue weighted by atomic mass is 32.2. The highest BCUT2D eigenvalue weighted by Gasteiger charge is 2.21. The summed E-state index contributed by atoms with van der Waals surface area (Å²) in [6.45, 7) is 9.69. The van der Waals surface area contributed by atoms with E-state index in [2.05, 4.69) is 57.3 Å². The number of hydrogen-bond acceptors (Lipinski definition) is 3. The zero-order chi connectivity index (χ0) is 14.6. The van der Waals surface area contributed by atoms with Gasteiger partial charge in [0.1, 0.15) is 0 Å². The summed E-state index contributed by atoms with van der Waals surface area (Å²) in [5, 5.41) is 3.53. The van der Waals surface area contributed by atoms with Crippen LogP contribution in [0.1, 0.15) is 46.1 Å². The molecule has 112 valence electrons. The lowest BCUT2D eigenvalue weighted by molar-refractivity contribution is 0.0700. The zero-order valence-electron chi connectivity index (χ0n) is 13.1. The molecule has 1 saturated heterocycles. The highest BCUT2D eigenvalue weighted by molar-refractivity contribution is 7.99. The molecule has 0 spiro atoms. The molecule has 0 radical (unpaired) electrons. The highest BCUT2D eigenvalue weighted by Crippen LogP contribution is 2.27. The third kappa shape index (κ3) is 5.47. The number of hydrogen-bond donors (Lipinski definition) is 1. The Hall–Kier alpha value is -0.510. The molecule has 1 N–H and O–H groups in total. The molecule has 1 aromatic rings. The van der Waals surface area contributed by atoms with Crippen LogP contribution < -0.4 is 5.32 Å². The maximum atomic E-state index is 5.87. The van der Waals surface area contributed by atoms with Gasteiger partial charge in [0.05, 0.1) is 12.2 Å². The molecule has 2 atom stereocenters. The fraction of sp³-hybridized carbons (Fsp3) is 0.647. The molecule has 1 aromatic carbocycles. The van der Waals surface area contributed by atoms with Gasteiger partial charge in [-0.2, -0.15) is 0 Å². The SMILES string of the molecule is CC1CCC(CSc2cccc(CNC(C)(C)C)c2)O1. The average Bonchev–Trinajstić information content (AvgIpc) is 2.80. The Kier molecular flexibility index (Phi) is 5.53. The smallest absolute Gasteiger partial charge is 0.0673 e. The van der Waals surface area contributed by atoms with Crippen molar-refractivity contribution in [1.29, 1.82) is 0 Å². The van der Waals surface area contributed by atoms with E-state index in [1.807, 2.05) is 11.8 Å². The molecule has 1 fully saturated rings. The molecular weight excluding hydrogens is 266 g/mol. The third-order valence-electron chi connectivity index (χ3n) is 3.48. The fourth-order valence-corrected chi connectivity index (χ4v) is 3.34. The van der Waals surface area contributed by atoms with Crippen molar-refractivity contribution in [1.82, 2.24) is 5.32 Å². The Bertz CT molecular complexity index is 427. The van der Waals surface area contributed by atoms with E-state index in [-0.39, 0.29) is 5.54 Å². The summed E-state index contributed by atoms with van der Waals surface area (Å²) in [7, 11) is 0. The summed E-state index contributed by atoms with van der Waals surface area (Å²) in [5.74, 6) is 1.07. The monoisotopic (exact) mass is 293 g/mol. The van der Waals surface area contributed by atoms with Gasteiger partial charge < -0.3 is 10.1 Å². The number of rotatable bonds is 5. The van der Waals surface area contributed by atoms with Crippen LogP contribution in [0.15, 0.2) is 29.2 Å². The molecule has 0 saturated carbocycles. The molecule has 0 aliphatic carbocycles. The minimum atomic E-state index is 0.164. The molecule has 0 bridgehead atoms. The van der Waals surface area contributed by atoms with Crippen LogP contribution in [0.2, 0.25) is 0 Å². The van der Waals surface area contributed by atoms with E-state index in [0.29, 0.717) is 12.2 Å². The Morgan fingerprint density at radius 2 is 2.10 bits per heavy atom. The average molecular weight is 293 g/mol. The number of ether oxygens (including phenoxy) is 1. The van der Waals surface area contributed by atoms with Gasteiger partial charge in [-0.15, -0.1) is 11.8 Å². The summed E-state index contributed by atoms with van der Waals surface area (Å²) in [6.07, 6.45) is 3.30. The molecule has 20 heavy (non-hydrogen) atoms. The van der Waals surface area contributed by atoms with Crippen LogP contribution in [0.25, 0.3) is 0 Å². The van der Waals surface area contributed by atoms with Crippen LogP contribution in [-0.4, -0.2) is 23.5 Å². The van der Waals surface area contributed by atoms with E-state index in [4.69, 9.17) is 4.74 Å². The van der Waals surface area contributed by atoms with Crippen molar-refractivity contribution in [2.75, 3.05) is 5.75 Å². The Balaban J connectivity index is 1.83. The molecule has 2 unspecified atom stereocenters. The number of nitrogens with one attached hydrogen (secondary N) is 1. The molecule has 1 heterocycles. The maximum absolute atomic E-state index is 5.87. The van der Waals surface area contributed by atoms with Crippen molar-refractivity contribution >= 4 is 11.8 Å². The van der Waals surface area contributed by atoms with Gasteiger partial charge >= 0.3 is 0 Å². The van der Waals surface area contributed by atoms with Gasteiger partial charge in [-0.05, 0) is 58.2 Å². The lowest BCUT2D eigenvalue weighted by Crippen LogP contribution is -2.35. The Morgan fingerprint density at radius 3 is 2.75 bits per heavy atom. The van der Waals surface area contributed by atoms with Crippen LogP contribution in [0.5, 0.6) is 0 Å². The van der Waals surface area contributed by atoms with Gasteiger partial charge in [0, 0.05) is 22.7 Å². The maximum Gasteiger partial charge on any atom is 0.0673 e. The van der Waals surface area contributed by atoms with E-state index in [1.165, 1.54) is 23.3 Å². The number of thioether (sulfide) groups is 1. The first-order valence-electron chi connectivity index (χ1n) is 7.54. The summed E-state index contributed by atoms with van der Waals surface area (Å²) in [6, 6.07) is 8.84. The Morgan fingerprint density at radius 1 is 1.30 bits per heavy atom. The lowest BCUT2D eigenvalue weighted by atomic mass is 10.1. The summed E-state index contributed by atoms with van der Waals surface area (Å²) >= 11 is 1.91. The van der Waals surface area contributed by atoms with Gasteiger partial charge in [-0.25, -0.2) is 0 Å². The predicted molar refractivity (Wildman–Crippen MR) is 87.3 cm³/mol. The number of benzene rings is 1. The zero-order valence-corrected chi connectivity index (χ0v) is 13.9. The normalized spacial score (nSPS) is 23.2. The van der Waals surface area contributed by atoms with Crippen molar-refractivity contribution in [3.8, 4) is 0 Å². The fourth-order valence-electron chi connectivity index (χ4n) is 2.31. The van der Waals surface area contributed by atoms with Gasteiger partial charge in [0.25, 0.3) is 0 Å². The molecule has 0 aromatic heterocycles. The summed E-state index contributed by atoms with van der Waals surface area (Å²) in [5.41, 5.74) is 1.52. The van der Waals surface area contributed by atoms with Crippen LogP contribution >= 0.6 is 11.8 Å². The third-order valence-corrected chi connectivity index (χ3v) is 4.60. The van der Waals surface area contributed by atoms with E-state index >= 15 is 0 Å². The van der Waals surface area contributed by atoms with E-state index < -0.39 is 0 Å². The van der Waals surface area contributed by atoms with Crippen LogP contribution in [-0.2, 0) is 11.3 Å². The summed E-state index contributed by atoms with van der Waals surface area (Å²) < 4.78 is 5.87. The molecule has 2 nitrogen and oxygen atoms in total. The van der Waals surface area contributed by atoms with Crippen LogP contribution in [0, 0.1) is 0 Å². The van der Waals surface area contributed by atoms with Crippen LogP contribution in [0.3, 0.4) is 0 Å². The predicted octanol–water partition coefficient (Wildman–Crippen LogP) is 4.23. The van der Waals surface area contributed by atoms with E-state index in [0.717, 1.165) is 12.3 Å². The second-order valence-corrected chi connectivity index (χ2v) is 7.80. The van der Waals surface area contributed by atoms with E-state index in [9.17, 15) is 0 Å². The second kappa shape index (κ2) is 6.97. The Labute approximate surface area is 127 Å². The standard InChI is InChI=1S/C17H27NOS/c1-13-8-9-15(19-13)12-20-16-7-5-6-14(10-16)11-18-17(2,3)4/h5-7,10,13,15,18H,8-9,11-12H2,1-4H3. The van der Waals surface area contributed by atoms with Gasteiger partial charge in [0.15, 0.2) is 0 Å². The molecule has 3 heteroatoms. The first-order chi connectivity index (χ1) is 9.42. The molecular formula is C17H27NOS. The van der Waals surface area contributed by atoms with Gasteiger partial charge in [-0.1, -0.05) is 12.1 Å². The quantitative estimate of drug-likeness (QED) is 0.821. The van der Waals surface area contributed by atoms with Crippen molar-refractivity contribution in [3.05, 3.63) is 29.8 Å². The van der Waals surface area contributed by atoms with Gasteiger partial charge in [-0.3, -0.25) is 0 Å². The molecule has 1 aliphatic rings. The lowest BCUT2D eigenvalue weighted by Gasteiger charge is -2.20. The molecule has 0 amide bonds. The minimum absolute atomic E-state index is 0.164. The topological polar surface area (TPSA) is 21.3 Å². The first-order valence-corrected chi connectivity index (χ1v) is 8.53. The summed E-state index contributed by atoms with van der Waals surface area (Å²) in [4.78, 5) is 1.35. The second-order valence-electron chi connectivity index (χ2n) is 6.71. The molecule has 1 aliphatic heterocycles. The van der Waals surface area contributed by atoms with Crippen molar-refractivity contribution in [2.45, 2.75) is 69.7 Å². The largest absolute Gasteiger partial charge is 0.374 e. The first kappa shape index (κ1) is 15.9. The van der Waals surface area contributed by atoms with Gasteiger partial charge in [0.2, 0.25) is 0 Å². The van der Waals surface area contributed by atoms with Crippen molar-refractivity contribution < 1.29 is 4.74 Å². The minimum Gasteiger partial charge on any atom is -0.374 e. The molecule has 2 rings (SSSR count). The van der Waals surface area contributed by atoms with Crippen molar-refractivity contribution in [2.24, 2.45) is 0 Å².